The third kappa shape index (κ3) is 4.71. The highest BCUT2D eigenvalue weighted by atomic mass is 32.2. The number of sulfonamides is 2. The van der Waals surface area contributed by atoms with Crippen LogP contribution in [0.2, 0.25) is 0 Å². The predicted molar refractivity (Wildman–Crippen MR) is 161 cm³/mol. The minimum atomic E-state index is -3.93. The standard InChI is InChI=1S/C30H30N4O6S2/c1-19-27-23-18-20(31-41(36,37)21-10-6-4-7-11-21)14-17-26(23)40-30(27)34(33(2)3)29-24(15-16-25(35)28(19)29)32-42(38,39)22-12-8-5-9-13-22/h4-19,27,30-32,35H,1-3H3/t19-,27+,30-/m0/s1. The normalized spacial score (nSPS) is 19.4. The molecule has 0 spiro atoms. The summed E-state index contributed by atoms with van der Waals surface area (Å²) in [6, 6.07) is 24.3. The zero-order valence-electron chi connectivity index (χ0n) is 23.1. The Hall–Kier alpha value is -4.26. The molecule has 4 aromatic carbocycles. The van der Waals surface area contributed by atoms with Gasteiger partial charge in [-0.3, -0.25) is 14.5 Å². The monoisotopic (exact) mass is 606 g/mol. The number of benzene rings is 4. The number of rotatable bonds is 7. The van der Waals surface area contributed by atoms with Crippen LogP contribution in [0.3, 0.4) is 0 Å². The highest BCUT2D eigenvalue weighted by Crippen LogP contribution is 2.57. The summed E-state index contributed by atoms with van der Waals surface area (Å²) in [6.45, 7) is 1.94. The van der Waals surface area contributed by atoms with Crippen molar-refractivity contribution in [2.45, 2.75) is 34.8 Å². The van der Waals surface area contributed by atoms with Crippen LogP contribution in [0.5, 0.6) is 11.5 Å². The van der Waals surface area contributed by atoms with Gasteiger partial charge in [0.05, 0.1) is 27.1 Å². The van der Waals surface area contributed by atoms with E-state index in [4.69, 9.17) is 4.74 Å². The maximum Gasteiger partial charge on any atom is 0.261 e. The first-order valence-electron chi connectivity index (χ1n) is 13.3. The minimum absolute atomic E-state index is 0.0137. The van der Waals surface area contributed by atoms with E-state index in [1.165, 1.54) is 36.4 Å². The Morgan fingerprint density at radius 1 is 0.810 bits per heavy atom. The van der Waals surface area contributed by atoms with Gasteiger partial charge in [0.2, 0.25) is 0 Å². The van der Waals surface area contributed by atoms with Gasteiger partial charge in [-0.1, -0.05) is 43.3 Å². The SMILES string of the molecule is C[C@@H]1c2c(O)ccc(NS(=O)(=O)c3ccccc3)c2N(N(C)C)[C@H]2Oc3ccc(NS(=O)(=O)c4ccccc4)cc3[C@@H]12. The van der Waals surface area contributed by atoms with Crippen LogP contribution in [-0.2, 0) is 20.0 Å². The fourth-order valence-corrected chi connectivity index (χ4v) is 7.94. The van der Waals surface area contributed by atoms with Gasteiger partial charge in [-0.15, -0.1) is 0 Å². The molecule has 10 nitrogen and oxygen atoms in total. The van der Waals surface area contributed by atoms with Gasteiger partial charge in [0.15, 0.2) is 6.23 Å². The number of nitrogens with one attached hydrogen (secondary N) is 2. The molecule has 3 atom stereocenters. The molecule has 0 saturated heterocycles. The summed E-state index contributed by atoms with van der Waals surface area (Å²) in [6.07, 6.45) is -0.597. The smallest absolute Gasteiger partial charge is 0.261 e. The molecule has 0 fully saturated rings. The van der Waals surface area contributed by atoms with Crippen molar-refractivity contribution in [2.75, 3.05) is 28.5 Å². The summed E-state index contributed by atoms with van der Waals surface area (Å²) in [7, 11) is -4.13. The summed E-state index contributed by atoms with van der Waals surface area (Å²) in [5, 5.41) is 14.7. The van der Waals surface area contributed by atoms with Crippen molar-refractivity contribution >= 4 is 37.1 Å². The Bertz CT molecular complexity index is 1870. The van der Waals surface area contributed by atoms with Crippen LogP contribution in [-0.4, -0.2) is 47.3 Å². The lowest BCUT2D eigenvalue weighted by Gasteiger charge is -2.46. The second-order valence-corrected chi connectivity index (χ2v) is 13.9. The summed E-state index contributed by atoms with van der Waals surface area (Å²) in [4.78, 5) is 0.258. The van der Waals surface area contributed by atoms with E-state index in [1.807, 2.05) is 26.0 Å². The van der Waals surface area contributed by atoms with Crippen molar-refractivity contribution < 1.29 is 26.7 Å². The molecular weight excluding hydrogens is 576 g/mol. The van der Waals surface area contributed by atoms with Crippen molar-refractivity contribution in [3.05, 3.63) is 102 Å². The Labute approximate surface area is 245 Å². The molecule has 0 bridgehead atoms. The van der Waals surface area contributed by atoms with Gasteiger partial charge in [-0.2, -0.15) is 0 Å². The quantitative estimate of drug-likeness (QED) is 0.254. The van der Waals surface area contributed by atoms with Crippen molar-refractivity contribution in [1.82, 2.24) is 5.01 Å². The molecule has 0 radical (unpaired) electrons. The number of phenols is 1. The molecule has 0 aromatic heterocycles. The molecular formula is C30H30N4O6S2. The minimum Gasteiger partial charge on any atom is -0.508 e. The number of hydrogen-bond donors (Lipinski definition) is 3. The van der Waals surface area contributed by atoms with Crippen LogP contribution < -0.4 is 19.2 Å². The third-order valence-corrected chi connectivity index (χ3v) is 10.4. The molecule has 2 aliphatic heterocycles. The first kappa shape index (κ1) is 27.9. The average molecular weight is 607 g/mol. The van der Waals surface area contributed by atoms with Crippen molar-refractivity contribution in [3.63, 3.8) is 0 Å². The second-order valence-electron chi connectivity index (χ2n) is 10.5. The van der Waals surface area contributed by atoms with Crippen LogP contribution in [0.4, 0.5) is 17.1 Å². The number of ether oxygens (including phenoxy) is 1. The first-order valence-corrected chi connectivity index (χ1v) is 16.2. The van der Waals surface area contributed by atoms with E-state index >= 15 is 0 Å². The molecule has 0 unspecified atom stereocenters. The van der Waals surface area contributed by atoms with Crippen LogP contribution in [0.25, 0.3) is 0 Å². The van der Waals surface area contributed by atoms with E-state index < -0.39 is 26.3 Å². The van der Waals surface area contributed by atoms with Gasteiger partial charge in [0.1, 0.15) is 11.5 Å². The predicted octanol–water partition coefficient (Wildman–Crippen LogP) is 4.90. The van der Waals surface area contributed by atoms with Crippen molar-refractivity contribution in [2.24, 2.45) is 0 Å². The topological polar surface area (TPSA) is 128 Å². The van der Waals surface area contributed by atoms with E-state index in [2.05, 4.69) is 9.44 Å². The molecule has 2 heterocycles. The zero-order valence-corrected chi connectivity index (χ0v) is 24.7. The largest absolute Gasteiger partial charge is 0.508 e. The molecule has 0 saturated carbocycles. The van der Waals surface area contributed by atoms with Gasteiger partial charge in [0, 0.05) is 30.9 Å². The summed E-state index contributed by atoms with van der Waals surface area (Å²) < 4.78 is 64.4. The maximum absolute atomic E-state index is 13.3. The van der Waals surface area contributed by atoms with Gasteiger partial charge < -0.3 is 9.84 Å². The number of anilines is 3. The van der Waals surface area contributed by atoms with Crippen LogP contribution in [0, 0.1) is 0 Å². The van der Waals surface area contributed by atoms with E-state index in [0.717, 1.165) is 5.56 Å². The van der Waals surface area contributed by atoms with E-state index in [-0.39, 0.29) is 27.4 Å². The van der Waals surface area contributed by atoms with Gasteiger partial charge in [-0.25, -0.2) is 21.8 Å². The third-order valence-electron chi connectivity index (χ3n) is 7.62. The molecule has 2 aliphatic rings. The lowest BCUT2D eigenvalue weighted by molar-refractivity contribution is 0.121. The lowest BCUT2D eigenvalue weighted by atomic mass is 9.78. The fourth-order valence-electron chi connectivity index (χ4n) is 5.78. The highest BCUT2D eigenvalue weighted by Gasteiger charge is 2.50. The van der Waals surface area contributed by atoms with E-state index in [0.29, 0.717) is 28.4 Å². The number of fused-ring (bicyclic) bond motifs is 4. The van der Waals surface area contributed by atoms with Gasteiger partial charge in [-0.05, 0) is 60.5 Å². The maximum atomic E-state index is 13.3. The lowest BCUT2D eigenvalue weighted by Crippen LogP contribution is -2.53. The number of hydrazine groups is 1. The summed E-state index contributed by atoms with van der Waals surface area (Å²) in [5.74, 6) is -0.0579. The number of nitrogens with zero attached hydrogens (tertiary/aromatic N) is 2. The van der Waals surface area contributed by atoms with E-state index in [1.54, 1.807) is 59.6 Å². The van der Waals surface area contributed by atoms with Crippen molar-refractivity contribution in [1.29, 1.82) is 0 Å². The molecule has 0 aliphatic carbocycles. The molecule has 218 valence electrons. The second kappa shape index (κ2) is 10.2. The molecule has 12 heteroatoms. The summed E-state index contributed by atoms with van der Waals surface area (Å²) >= 11 is 0. The van der Waals surface area contributed by atoms with Crippen LogP contribution in [0.15, 0.2) is 101 Å². The Morgan fingerprint density at radius 3 is 2.00 bits per heavy atom. The Balaban J connectivity index is 1.41. The van der Waals surface area contributed by atoms with Crippen molar-refractivity contribution in [3.8, 4) is 11.5 Å². The molecule has 4 aromatic rings. The average Bonchev–Trinajstić information content (AvgIpc) is 3.34. The van der Waals surface area contributed by atoms with E-state index in [9.17, 15) is 21.9 Å². The highest BCUT2D eigenvalue weighted by molar-refractivity contribution is 7.93. The fraction of sp³-hybridized carbons (Fsp3) is 0.200. The zero-order chi connectivity index (χ0) is 29.8. The molecule has 42 heavy (non-hydrogen) atoms. The molecule has 6 rings (SSSR count). The Morgan fingerprint density at radius 2 is 1.40 bits per heavy atom. The molecule has 3 N–H and O–H groups in total. The van der Waals surface area contributed by atoms with Crippen LogP contribution >= 0.6 is 0 Å². The van der Waals surface area contributed by atoms with Gasteiger partial charge in [0.25, 0.3) is 20.0 Å². The Kier molecular flexibility index (Phi) is 6.79. The summed E-state index contributed by atoms with van der Waals surface area (Å²) in [5.41, 5.74) is 2.47. The number of phenolic OH excluding ortho intramolecular Hbond substituents is 1. The first-order chi connectivity index (χ1) is 20.0. The molecule has 0 amide bonds. The number of aromatic hydroxyl groups is 1. The van der Waals surface area contributed by atoms with Gasteiger partial charge >= 0.3 is 0 Å². The number of hydrogen-bond acceptors (Lipinski definition) is 8. The van der Waals surface area contributed by atoms with Crippen LogP contribution in [0.1, 0.15) is 29.9 Å².